The van der Waals surface area contributed by atoms with Crippen LogP contribution in [0.4, 0.5) is 0 Å². The van der Waals surface area contributed by atoms with Crippen LogP contribution in [-0.4, -0.2) is 77.2 Å². The number of ether oxygens (including phenoxy) is 1. The summed E-state index contributed by atoms with van der Waals surface area (Å²) in [6.07, 6.45) is 4.33. The smallest absolute Gasteiger partial charge is 0.246 e. The van der Waals surface area contributed by atoms with Crippen molar-refractivity contribution in [3.05, 3.63) is 11.4 Å². The number of Topliss-reactive ketones (excluding diaryl/α,β-unsaturated/α-hetero) is 1. The Morgan fingerprint density at radius 2 is 1.41 bits per heavy atom. The molecule has 0 spiro atoms. The number of fused-ring (bicyclic) bond motifs is 1. The van der Waals surface area contributed by atoms with Crippen molar-refractivity contribution < 1.29 is 28.7 Å². The van der Waals surface area contributed by atoms with Gasteiger partial charge in [0.2, 0.25) is 23.6 Å². The van der Waals surface area contributed by atoms with E-state index in [1.54, 1.807) is 13.8 Å². The second-order valence-electron chi connectivity index (χ2n) is 9.59. The number of nitrogens with zero attached hydrogens (tertiary/aromatic N) is 3. The van der Waals surface area contributed by atoms with Gasteiger partial charge in [0.1, 0.15) is 18.4 Å². The molecule has 0 aliphatic heterocycles. The van der Waals surface area contributed by atoms with Crippen molar-refractivity contribution in [2.45, 2.75) is 71.9 Å². The molecule has 0 radical (unpaired) electrons. The first kappa shape index (κ1) is 29.9. The topological polar surface area (TPSA) is 173 Å². The average molecular weight is 522 g/mol. The number of ketones is 1. The first-order valence-electron chi connectivity index (χ1n) is 12.7. The van der Waals surface area contributed by atoms with E-state index < -0.39 is 23.6 Å². The van der Waals surface area contributed by atoms with Crippen LogP contribution in [0.1, 0.15) is 76.9 Å². The number of nitrogens with one attached hydrogen (secondary N) is 4. The minimum absolute atomic E-state index is 0.105. The summed E-state index contributed by atoms with van der Waals surface area (Å²) in [6, 6.07) is 0.178. The molecular formula is C24H39N7O6. The van der Waals surface area contributed by atoms with Crippen LogP contribution >= 0.6 is 0 Å². The Morgan fingerprint density at radius 1 is 0.838 bits per heavy atom. The highest BCUT2D eigenvalue weighted by molar-refractivity contribution is 5.91. The van der Waals surface area contributed by atoms with Gasteiger partial charge in [-0.2, -0.15) is 0 Å². The molecule has 0 fully saturated rings. The minimum Gasteiger partial charge on any atom is -0.362 e. The molecule has 206 valence electrons. The lowest BCUT2D eigenvalue weighted by molar-refractivity contribution is -0.131. The first-order valence-corrected chi connectivity index (χ1v) is 12.7. The van der Waals surface area contributed by atoms with Gasteiger partial charge in [-0.3, -0.25) is 24.0 Å². The predicted molar refractivity (Wildman–Crippen MR) is 133 cm³/mol. The number of carbonyl (C=O) groups excluding carboxylic acids is 5. The van der Waals surface area contributed by atoms with E-state index in [-0.39, 0.29) is 56.6 Å². The standard InChI is InChI=1S/C24H39N7O6/c1-15(2)18(32)10-25-20(33)11-26-21(34)12-27-22(35)13-28-23(36)14-37-19-9-7-5-6-8-17-24(19)29-30-31(17)16(3)4/h15-16,19H,5-14H2,1-4H3,(H,25,33)(H,26,34)(H,27,35)(H,28,36). The molecule has 1 unspecified atom stereocenters. The second-order valence-corrected chi connectivity index (χ2v) is 9.59. The molecule has 37 heavy (non-hydrogen) atoms. The lowest BCUT2D eigenvalue weighted by atomic mass is 9.98. The van der Waals surface area contributed by atoms with E-state index in [1.165, 1.54) is 0 Å². The van der Waals surface area contributed by atoms with Gasteiger partial charge in [0, 0.05) is 12.0 Å². The number of amides is 4. The Morgan fingerprint density at radius 3 is 1.97 bits per heavy atom. The highest BCUT2D eigenvalue weighted by Crippen LogP contribution is 2.30. The zero-order chi connectivity index (χ0) is 27.4. The highest BCUT2D eigenvalue weighted by atomic mass is 16.5. The van der Waals surface area contributed by atoms with Gasteiger partial charge in [0.25, 0.3) is 0 Å². The first-order chi connectivity index (χ1) is 17.6. The number of rotatable bonds is 13. The van der Waals surface area contributed by atoms with Crippen LogP contribution in [0.25, 0.3) is 0 Å². The summed E-state index contributed by atoms with van der Waals surface area (Å²) in [5, 5.41) is 18.2. The summed E-state index contributed by atoms with van der Waals surface area (Å²) in [7, 11) is 0. The number of carbonyl (C=O) groups is 5. The lowest BCUT2D eigenvalue weighted by Crippen LogP contribution is -2.45. The maximum absolute atomic E-state index is 12.2. The summed E-state index contributed by atoms with van der Waals surface area (Å²) in [6.45, 7) is 6.19. The number of hydrogen-bond donors (Lipinski definition) is 4. The summed E-state index contributed by atoms with van der Waals surface area (Å²) in [5.74, 6) is -2.44. The van der Waals surface area contributed by atoms with Gasteiger partial charge < -0.3 is 26.0 Å². The number of aromatic nitrogens is 3. The van der Waals surface area contributed by atoms with Crippen molar-refractivity contribution in [1.29, 1.82) is 0 Å². The molecule has 0 bridgehead atoms. The van der Waals surface area contributed by atoms with Gasteiger partial charge in [-0.15, -0.1) is 5.10 Å². The molecule has 4 amide bonds. The van der Waals surface area contributed by atoms with Crippen LogP contribution < -0.4 is 21.3 Å². The van der Waals surface area contributed by atoms with Crippen LogP contribution in [0.5, 0.6) is 0 Å². The predicted octanol–water partition coefficient (Wildman–Crippen LogP) is -0.277. The highest BCUT2D eigenvalue weighted by Gasteiger charge is 2.25. The third-order valence-corrected chi connectivity index (χ3v) is 5.85. The third-order valence-electron chi connectivity index (χ3n) is 5.85. The molecule has 4 N–H and O–H groups in total. The molecule has 0 aromatic carbocycles. The largest absolute Gasteiger partial charge is 0.362 e. The molecule has 1 aliphatic carbocycles. The molecule has 1 aromatic rings. The average Bonchev–Trinajstić information content (AvgIpc) is 3.26. The van der Waals surface area contributed by atoms with E-state index in [0.29, 0.717) is 0 Å². The fraction of sp³-hybridized carbons (Fsp3) is 0.708. The summed E-state index contributed by atoms with van der Waals surface area (Å²) in [4.78, 5) is 59.2. The molecule has 1 atom stereocenters. The Kier molecular flexibility index (Phi) is 12.1. The maximum atomic E-state index is 12.2. The van der Waals surface area contributed by atoms with E-state index in [2.05, 4.69) is 31.6 Å². The Hall–Kier alpha value is -3.35. The minimum atomic E-state index is -0.581. The Bertz CT molecular complexity index is 959. The van der Waals surface area contributed by atoms with Crippen LogP contribution in [0.2, 0.25) is 0 Å². The third kappa shape index (κ3) is 10.3. The fourth-order valence-corrected chi connectivity index (χ4v) is 3.67. The summed E-state index contributed by atoms with van der Waals surface area (Å²) >= 11 is 0. The monoisotopic (exact) mass is 521 g/mol. The molecule has 2 rings (SSSR count). The molecule has 1 aromatic heterocycles. The zero-order valence-electron chi connectivity index (χ0n) is 22.1. The SMILES string of the molecule is CC(C)C(=O)CNC(=O)CNC(=O)CNC(=O)CNC(=O)COC1CCCCCc2c1nnn2C(C)C. The van der Waals surface area contributed by atoms with Crippen LogP contribution in [0.3, 0.4) is 0 Å². The normalized spacial score (nSPS) is 15.4. The van der Waals surface area contributed by atoms with Crippen molar-refractivity contribution in [3.63, 3.8) is 0 Å². The van der Waals surface area contributed by atoms with E-state index in [0.717, 1.165) is 43.5 Å². The Balaban J connectivity index is 1.67. The van der Waals surface area contributed by atoms with Crippen LogP contribution in [-0.2, 0) is 35.1 Å². The van der Waals surface area contributed by atoms with Gasteiger partial charge >= 0.3 is 0 Å². The molecular weight excluding hydrogens is 482 g/mol. The zero-order valence-corrected chi connectivity index (χ0v) is 22.1. The van der Waals surface area contributed by atoms with Crippen molar-refractivity contribution >= 4 is 29.4 Å². The fourth-order valence-electron chi connectivity index (χ4n) is 3.67. The summed E-state index contributed by atoms with van der Waals surface area (Å²) in [5.41, 5.74) is 1.81. The number of hydrogen-bond acceptors (Lipinski definition) is 8. The van der Waals surface area contributed by atoms with E-state index in [9.17, 15) is 24.0 Å². The van der Waals surface area contributed by atoms with Gasteiger partial charge in [-0.05, 0) is 33.1 Å². The molecule has 1 aliphatic rings. The van der Waals surface area contributed by atoms with Crippen molar-refractivity contribution in [3.8, 4) is 0 Å². The summed E-state index contributed by atoms with van der Waals surface area (Å²) < 4.78 is 7.75. The van der Waals surface area contributed by atoms with Crippen molar-refractivity contribution in [2.75, 3.05) is 32.8 Å². The maximum Gasteiger partial charge on any atom is 0.246 e. The van der Waals surface area contributed by atoms with Gasteiger partial charge in [0.05, 0.1) is 31.9 Å². The van der Waals surface area contributed by atoms with Gasteiger partial charge in [-0.1, -0.05) is 31.9 Å². The quantitative estimate of drug-likeness (QED) is 0.274. The van der Waals surface area contributed by atoms with E-state index >= 15 is 0 Å². The molecule has 13 nitrogen and oxygen atoms in total. The van der Waals surface area contributed by atoms with Crippen molar-refractivity contribution in [2.24, 2.45) is 5.92 Å². The Labute approximate surface area is 216 Å². The van der Waals surface area contributed by atoms with E-state index in [4.69, 9.17) is 4.74 Å². The van der Waals surface area contributed by atoms with Gasteiger partial charge in [-0.25, -0.2) is 4.68 Å². The molecule has 0 saturated heterocycles. The second kappa shape index (κ2) is 15.0. The van der Waals surface area contributed by atoms with E-state index in [1.807, 2.05) is 18.5 Å². The lowest BCUT2D eigenvalue weighted by Gasteiger charge is -2.20. The van der Waals surface area contributed by atoms with Crippen LogP contribution in [0, 0.1) is 5.92 Å². The molecule has 0 saturated carbocycles. The van der Waals surface area contributed by atoms with Crippen molar-refractivity contribution in [1.82, 2.24) is 36.3 Å². The van der Waals surface area contributed by atoms with Gasteiger partial charge in [0.15, 0.2) is 5.78 Å². The molecule has 1 heterocycles. The molecule has 13 heteroatoms. The van der Waals surface area contributed by atoms with Crippen LogP contribution in [0.15, 0.2) is 0 Å².